The standard InChI is InChI=1S/C3H9BN2O2/c4-2-6-3(7)1-8-5/h1-2,4-5H2,(H,6,7). The first-order chi connectivity index (χ1) is 3.81. The van der Waals surface area contributed by atoms with Gasteiger partial charge >= 0.3 is 0 Å². The van der Waals surface area contributed by atoms with Crippen LogP contribution in [0.1, 0.15) is 0 Å². The molecule has 0 radical (unpaired) electrons. The van der Waals surface area contributed by atoms with E-state index < -0.39 is 0 Å². The topological polar surface area (TPSA) is 64.3 Å². The van der Waals surface area contributed by atoms with Gasteiger partial charge in [0.2, 0.25) is 5.91 Å². The summed E-state index contributed by atoms with van der Waals surface area (Å²) in [5.74, 6) is 4.41. The number of carbonyl (C=O) groups excluding carboxylic acids is 1. The number of rotatable bonds is 3. The molecule has 0 atom stereocenters. The van der Waals surface area contributed by atoms with Crippen molar-refractivity contribution in [3.05, 3.63) is 0 Å². The third-order valence-electron chi connectivity index (χ3n) is 0.588. The number of nitrogens with one attached hydrogen (secondary N) is 1. The van der Waals surface area contributed by atoms with Crippen molar-refractivity contribution < 1.29 is 9.63 Å². The molecule has 4 nitrogen and oxygen atoms in total. The molecule has 46 valence electrons. The summed E-state index contributed by atoms with van der Waals surface area (Å²) >= 11 is 0. The molecule has 0 fully saturated rings. The summed E-state index contributed by atoms with van der Waals surface area (Å²) in [4.78, 5) is 14.4. The van der Waals surface area contributed by atoms with E-state index in [1.54, 1.807) is 0 Å². The van der Waals surface area contributed by atoms with Crippen molar-refractivity contribution in [3.63, 3.8) is 0 Å². The zero-order valence-electron chi connectivity index (χ0n) is 4.81. The molecule has 0 aliphatic carbocycles. The molecule has 1 amide bonds. The Bertz CT molecular complexity index is 69.7. The average Bonchev–Trinajstić information content (AvgIpc) is 1.68. The van der Waals surface area contributed by atoms with Crippen LogP contribution in [-0.4, -0.2) is 26.8 Å². The van der Waals surface area contributed by atoms with Crippen molar-refractivity contribution in [1.29, 1.82) is 0 Å². The maximum Gasteiger partial charge on any atom is 0.247 e. The third-order valence-corrected chi connectivity index (χ3v) is 0.588. The van der Waals surface area contributed by atoms with Gasteiger partial charge in [-0.05, 0) is 6.44 Å². The van der Waals surface area contributed by atoms with Crippen molar-refractivity contribution in [1.82, 2.24) is 5.32 Å². The molecule has 0 aromatic carbocycles. The Balaban J connectivity index is 3.06. The van der Waals surface area contributed by atoms with Gasteiger partial charge in [-0.3, -0.25) is 9.63 Å². The first-order valence-electron chi connectivity index (χ1n) is 2.39. The van der Waals surface area contributed by atoms with Crippen LogP contribution in [0.15, 0.2) is 0 Å². The van der Waals surface area contributed by atoms with Crippen LogP contribution in [0.2, 0.25) is 0 Å². The summed E-state index contributed by atoms with van der Waals surface area (Å²) in [5.41, 5.74) is 0. The molecule has 0 heterocycles. The van der Waals surface area contributed by atoms with E-state index in [0.29, 0.717) is 6.44 Å². The summed E-state index contributed by atoms with van der Waals surface area (Å²) in [7, 11) is 1.83. The number of hydrogen-bond acceptors (Lipinski definition) is 3. The minimum absolute atomic E-state index is 0.0617. The molecular weight excluding hydrogens is 107 g/mol. The Morgan fingerprint density at radius 2 is 2.50 bits per heavy atom. The Hall–Kier alpha value is -0.545. The van der Waals surface area contributed by atoms with Crippen LogP contribution in [0, 0.1) is 0 Å². The minimum atomic E-state index is -0.185. The second-order valence-corrected chi connectivity index (χ2v) is 1.26. The predicted molar refractivity (Wildman–Crippen MR) is 31.7 cm³/mol. The van der Waals surface area contributed by atoms with Crippen LogP contribution in [0.3, 0.4) is 0 Å². The lowest BCUT2D eigenvalue weighted by Gasteiger charge is -1.96. The van der Waals surface area contributed by atoms with Crippen LogP contribution in [0.4, 0.5) is 0 Å². The molecule has 0 aromatic rings. The molecule has 5 heteroatoms. The van der Waals surface area contributed by atoms with Gasteiger partial charge in [-0.15, -0.1) is 0 Å². The van der Waals surface area contributed by atoms with Crippen LogP contribution < -0.4 is 11.2 Å². The number of nitrogens with two attached hydrogens (primary N) is 1. The maximum atomic E-state index is 10.3. The van der Waals surface area contributed by atoms with Crippen LogP contribution >= 0.6 is 0 Å². The van der Waals surface area contributed by atoms with E-state index in [1.165, 1.54) is 0 Å². The van der Waals surface area contributed by atoms with Gasteiger partial charge in [0.05, 0.1) is 0 Å². The monoisotopic (exact) mass is 116 g/mol. The van der Waals surface area contributed by atoms with Gasteiger partial charge in [-0.25, -0.2) is 5.90 Å². The van der Waals surface area contributed by atoms with Gasteiger partial charge in [0, 0.05) is 0 Å². The molecular formula is C3H9BN2O2. The van der Waals surface area contributed by atoms with E-state index in [-0.39, 0.29) is 12.5 Å². The molecule has 8 heavy (non-hydrogen) atoms. The minimum Gasteiger partial charge on any atom is -0.362 e. The molecule has 0 bridgehead atoms. The normalized spacial score (nSPS) is 8.62. The summed E-state index contributed by atoms with van der Waals surface area (Å²) in [6.45, 7) is -0.0617. The lowest BCUT2D eigenvalue weighted by molar-refractivity contribution is -0.125. The van der Waals surface area contributed by atoms with Gasteiger partial charge in [0.25, 0.3) is 0 Å². The Labute approximate surface area is 48.7 Å². The molecule has 0 aliphatic heterocycles. The van der Waals surface area contributed by atoms with E-state index in [2.05, 4.69) is 16.1 Å². The molecule has 0 unspecified atom stereocenters. The molecule has 0 rings (SSSR count). The van der Waals surface area contributed by atoms with Crippen LogP contribution in [0.5, 0.6) is 0 Å². The highest BCUT2D eigenvalue weighted by Gasteiger charge is 1.93. The van der Waals surface area contributed by atoms with Crippen LogP contribution in [0.25, 0.3) is 0 Å². The summed E-state index contributed by atoms with van der Waals surface area (Å²) in [5, 5.41) is 2.50. The Kier molecular flexibility index (Phi) is 4.30. The molecule has 0 aliphatic rings. The van der Waals surface area contributed by atoms with E-state index in [1.807, 2.05) is 7.85 Å². The van der Waals surface area contributed by atoms with E-state index in [0.717, 1.165) is 0 Å². The summed E-state index contributed by atoms with van der Waals surface area (Å²) in [6, 6.07) is 0. The molecule has 0 aromatic heterocycles. The highest BCUT2D eigenvalue weighted by molar-refractivity contribution is 6.10. The molecule has 0 spiro atoms. The van der Waals surface area contributed by atoms with Gasteiger partial charge < -0.3 is 5.32 Å². The summed E-state index contributed by atoms with van der Waals surface area (Å²) in [6.07, 6.45) is 0.613. The fourth-order valence-corrected chi connectivity index (χ4v) is 0.324. The zero-order chi connectivity index (χ0) is 6.41. The maximum absolute atomic E-state index is 10.3. The summed E-state index contributed by atoms with van der Waals surface area (Å²) < 4.78 is 0. The lowest BCUT2D eigenvalue weighted by atomic mass is 10.2. The van der Waals surface area contributed by atoms with E-state index in [4.69, 9.17) is 0 Å². The van der Waals surface area contributed by atoms with Gasteiger partial charge in [-0.2, -0.15) is 0 Å². The number of carbonyl (C=O) groups is 1. The van der Waals surface area contributed by atoms with Gasteiger partial charge in [-0.1, -0.05) is 0 Å². The fourth-order valence-electron chi connectivity index (χ4n) is 0.324. The SMILES string of the molecule is BCNC(=O)CON. The van der Waals surface area contributed by atoms with Crippen molar-refractivity contribution in [2.75, 3.05) is 13.1 Å². The zero-order valence-corrected chi connectivity index (χ0v) is 4.81. The Morgan fingerprint density at radius 3 is 2.88 bits per heavy atom. The van der Waals surface area contributed by atoms with E-state index >= 15 is 0 Å². The highest BCUT2D eigenvalue weighted by atomic mass is 16.6. The van der Waals surface area contributed by atoms with Gasteiger partial charge in [0.15, 0.2) is 0 Å². The Morgan fingerprint density at radius 1 is 1.88 bits per heavy atom. The van der Waals surface area contributed by atoms with Crippen molar-refractivity contribution in [2.45, 2.75) is 0 Å². The van der Waals surface area contributed by atoms with Crippen molar-refractivity contribution in [2.24, 2.45) is 5.90 Å². The molecule has 0 saturated heterocycles. The van der Waals surface area contributed by atoms with Crippen LogP contribution in [-0.2, 0) is 9.63 Å². The highest BCUT2D eigenvalue weighted by Crippen LogP contribution is 1.61. The fraction of sp³-hybridized carbons (Fsp3) is 0.667. The third kappa shape index (κ3) is 3.64. The second-order valence-electron chi connectivity index (χ2n) is 1.26. The van der Waals surface area contributed by atoms with Crippen molar-refractivity contribution in [3.8, 4) is 0 Å². The quantitative estimate of drug-likeness (QED) is 0.318. The first-order valence-corrected chi connectivity index (χ1v) is 2.39. The lowest BCUT2D eigenvalue weighted by Crippen LogP contribution is -2.29. The smallest absolute Gasteiger partial charge is 0.247 e. The number of amides is 1. The molecule has 0 saturated carbocycles. The van der Waals surface area contributed by atoms with Crippen molar-refractivity contribution >= 4 is 13.8 Å². The predicted octanol–water partition coefficient (Wildman–Crippen LogP) is -2.42. The average molecular weight is 116 g/mol. The first kappa shape index (κ1) is 7.45. The molecule has 3 N–H and O–H groups in total. The number of hydrogen-bond donors (Lipinski definition) is 2. The van der Waals surface area contributed by atoms with E-state index in [9.17, 15) is 4.79 Å². The largest absolute Gasteiger partial charge is 0.362 e. The second kappa shape index (κ2) is 4.61. The van der Waals surface area contributed by atoms with Gasteiger partial charge in [0.1, 0.15) is 14.5 Å².